The van der Waals surface area contributed by atoms with E-state index in [1.807, 2.05) is 53.5 Å². The van der Waals surface area contributed by atoms with E-state index in [-0.39, 0.29) is 17.7 Å². The fourth-order valence-electron chi connectivity index (χ4n) is 3.49. The van der Waals surface area contributed by atoms with Crippen LogP contribution in [0.1, 0.15) is 36.5 Å². The van der Waals surface area contributed by atoms with E-state index in [9.17, 15) is 13.2 Å². The van der Waals surface area contributed by atoms with Gasteiger partial charge in [-0.2, -0.15) is 5.10 Å². The molecule has 2 aromatic rings. The number of benzene rings is 2. The van der Waals surface area contributed by atoms with E-state index in [4.69, 9.17) is 10.8 Å². The Morgan fingerprint density at radius 2 is 1.75 bits per heavy atom. The highest BCUT2D eigenvalue weighted by Crippen LogP contribution is 2.28. The second kappa shape index (κ2) is 9.01. The maximum Gasteiger partial charge on any atom is 0.144 e. The number of nitrogen functional groups attached to an aromatic ring is 1. The molecule has 0 saturated heterocycles. The molecule has 1 aliphatic rings. The van der Waals surface area contributed by atoms with Gasteiger partial charge in [0.15, 0.2) is 0 Å². The van der Waals surface area contributed by atoms with Crippen LogP contribution in [0.4, 0.5) is 5.69 Å². The van der Waals surface area contributed by atoms with Crippen LogP contribution >= 0.6 is 0 Å². The molecule has 0 amide bonds. The molecule has 7 heteroatoms. The lowest BCUT2D eigenvalue weighted by molar-refractivity contribution is -0.113. The fourth-order valence-corrected chi connectivity index (χ4v) is 4.00. The van der Waals surface area contributed by atoms with Crippen molar-refractivity contribution in [3.05, 3.63) is 65.2 Å². The average molecular weight is 400 g/mol. The fraction of sp³-hybridized carbons (Fsp3) is 0.333. The number of anilines is 1. The number of hydrazone groups is 1. The molecule has 1 heterocycles. The molecule has 2 aromatic carbocycles. The average Bonchev–Trinajstić information content (AvgIpc) is 2.69. The van der Waals surface area contributed by atoms with Crippen LogP contribution in [0, 0.1) is 5.92 Å². The van der Waals surface area contributed by atoms with Crippen molar-refractivity contribution >= 4 is 28.4 Å². The van der Waals surface area contributed by atoms with Gasteiger partial charge in [0.05, 0.1) is 18.0 Å². The number of rotatable bonds is 7. The number of thiol groups is 1. The van der Waals surface area contributed by atoms with Gasteiger partial charge in [0, 0.05) is 11.6 Å². The van der Waals surface area contributed by atoms with Gasteiger partial charge in [-0.15, -0.1) is 0 Å². The van der Waals surface area contributed by atoms with E-state index >= 15 is 0 Å². The van der Waals surface area contributed by atoms with E-state index in [0.29, 0.717) is 18.7 Å². The van der Waals surface area contributed by atoms with Gasteiger partial charge in [0.1, 0.15) is 23.0 Å². The molecule has 1 aliphatic heterocycles. The van der Waals surface area contributed by atoms with Gasteiger partial charge >= 0.3 is 0 Å². The Morgan fingerprint density at radius 1 is 1.11 bits per heavy atom. The number of nitrogens with zero attached hydrogens (tertiary/aromatic N) is 2. The first-order valence-corrected chi connectivity index (χ1v) is 10.7. The predicted octanol–water partition coefficient (Wildman–Crippen LogP) is 2.58. The molecule has 0 aliphatic carbocycles. The lowest BCUT2D eigenvalue weighted by Gasteiger charge is -2.35. The highest BCUT2D eigenvalue weighted by atomic mass is 32.2. The Bertz CT molecular complexity index is 913. The molecule has 6 nitrogen and oxygen atoms in total. The van der Waals surface area contributed by atoms with Crippen LogP contribution in [-0.2, 0) is 27.8 Å². The third kappa shape index (κ3) is 4.78. The molecule has 0 fully saturated rings. The molecular formula is C21H25N3O3S. The first kappa shape index (κ1) is 20.1. The Morgan fingerprint density at radius 3 is 2.32 bits per heavy atom. The van der Waals surface area contributed by atoms with Gasteiger partial charge in [-0.05, 0) is 41.7 Å². The van der Waals surface area contributed by atoms with E-state index < -0.39 is 10.7 Å². The van der Waals surface area contributed by atoms with Crippen LogP contribution in [-0.4, -0.2) is 31.5 Å². The van der Waals surface area contributed by atoms with Gasteiger partial charge in [-0.1, -0.05) is 43.3 Å². The molecular weight excluding hydrogens is 374 g/mol. The molecule has 2 atom stereocenters. The van der Waals surface area contributed by atoms with Crippen LogP contribution in [0.15, 0.2) is 53.6 Å². The predicted molar refractivity (Wildman–Crippen MR) is 112 cm³/mol. The summed E-state index contributed by atoms with van der Waals surface area (Å²) in [6.07, 6.45) is 2.56. The van der Waals surface area contributed by atoms with Crippen LogP contribution < -0.4 is 5.73 Å². The zero-order chi connectivity index (χ0) is 20.1. The van der Waals surface area contributed by atoms with Crippen LogP contribution in [0.25, 0.3) is 0 Å². The van der Waals surface area contributed by atoms with Gasteiger partial charge in [-0.3, -0.25) is 5.01 Å². The molecule has 0 bridgehead atoms. The number of hydrogen-bond acceptors (Lipinski definition) is 6. The first-order valence-electron chi connectivity index (χ1n) is 9.36. The van der Waals surface area contributed by atoms with Crippen LogP contribution in [0.5, 0.6) is 0 Å². The lowest BCUT2D eigenvalue weighted by Crippen LogP contribution is -2.41. The van der Waals surface area contributed by atoms with Crippen molar-refractivity contribution in [1.82, 2.24) is 5.01 Å². The van der Waals surface area contributed by atoms with Gasteiger partial charge < -0.3 is 10.5 Å². The minimum Gasteiger partial charge on any atom is -0.399 e. The Labute approximate surface area is 167 Å². The molecule has 0 radical (unpaired) electrons. The zero-order valence-corrected chi connectivity index (χ0v) is 16.7. The van der Waals surface area contributed by atoms with Gasteiger partial charge in [0.25, 0.3) is 0 Å². The highest BCUT2D eigenvalue weighted by molar-refractivity contribution is 7.71. The largest absolute Gasteiger partial charge is 0.399 e. The third-order valence-corrected chi connectivity index (χ3v) is 5.69. The van der Waals surface area contributed by atoms with Crippen molar-refractivity contribution in [2.24, 2.45) is 11.0 Å². The summed E-state index contributed by atoms with van der Waals surface area (Å²) in [7, 11) is -2.45. The minimum atomic E-state index is -2.45. The quantitative estimate of drug-likeness (QED) is 0.424. The monoisotopic (exact) mass is 399 g/mol. The Hall–Kier alpha value is -2.67. The number of hydrogen-bond donors (Lipinski definition) is 2. The van der Waals surface area contributed by atoms with Crippen LogP contribution in [0.2, 0.25) is 0 Å². The summed E-state index contributed by atoms with van der Waals surface area (Å²) in [4.78, 5) is 11.7. The molecule has 0 spiro atoms. The summed E-state index contributed by atoms with van der Waals surface area (Å²) in [5, 5.41) is 6.67. The van der Waals surface area contributed by atoms with E-state index in [1.165, 1.54) is 0 Å². The van der Waals surface area contributed by atoms with Crippen molar-refractivity contribution in [1.29, 1.82) is 0 Å². The number of carbonyl (C=O) groups is 1. The van der Waals surface area contributed by atoms with Crippen LogP contribution in [0.3, 0.4) is 0 Å². The smallest absolute Gasteiger partial charge is 0.144 e. The molecule has 28 heavy (non-hydrogen) atoms. The lowest BCUT2D eigenvalue weighted by atomic mass is 9.87. The summed E-state index contributed by atoms with van der Waals surface area (Å²) >= 11 is 0. The Kier molecular flexibility index (Phi) is 6.46. The van der Waals surface area contributed by atoms with Crippen molar-refractivity contribution in [3.63, 3.8) is 0 Å². The number of aldehydes is 1. The topological polar surface area (TPSA) is 92.8 Å². The summed E-state index contributed by atoms with van der Waals surface area (Å²) in [5.41, 5.74) is 10.1. The molecule has 148 valence electrons. The SMILES string of the molecule is CCC1CC(C=O)N(Cc2ccc(N)cc2)N=C1c1ccc(C[SH](=O)=O)cc1. The number of carbonyl (C=O) groups excluding carboxylic acids is 1. The summed E-state index contributed by atoms with van der Waals surface area (Å²) in [6.45, 7) is 2.62. The molecule has 3 rings (SSSR count). The molecule has 2 N–H and O–H groups in total. The summed E-state index contributed by atoms with van der Waals surface area (Å²) in [6, 6.07) is 14.8. The molecule has 0 saturated carbocycles. The standard InChI is InChI=1S/C21H25N3O3S/c1-2-17-11-20(13-25)24(12-15-5-9-19(22)10-6-15)23-21(17)18-7-3-16(4-8-18)14-28(26)27/h3-10,13,17,20,28H,2,11-12,14,22H2,1H3. The highest BCUT2D eigenvalue weighted by Gasteiger charge is 2.30. The summed E-state index contributed by atoms with van der Waals surface area (Å²) < 4.78 is 21.9. The van der Waals surface area contributed by atoms with Gasteiger partial charge in [-0.25, -0.2) is 8.42 Å². The normalized spacial score (nSPS) is 19.5. The second-order valence-electron chi connectivity index (χ2n) is 7.06. The maximum absolute atomic E-state index is 11.7. The van der Waals surface area contributed by atoms with Gasteiger partial charge in [0.2, 0.25) is 0 Å². The molecule has 0 aromatic heterocycles. The van der Waals surface area contributed by atoms with Crippen molar-refractivity contribution < 1.29 is 13.2 Å². The molecule has 2 unspecified atom stereocenters. The third-order valence-electron chi connectivity index (χ3n) is 5.07. The second-order valence-corrected chi connectivity index (χ2v) is 8.04. The van der Waals surface area contributed by atoms with E-state index in [0.717, 1.165) is 35.1 Å². The maximum atomic E-state index is 11.7. The van der Waals surface area contributed by atoms with E-state index in [2.05, 4.69) is 6.92 Å². The first-order chi connectivity index (χ1) is 13.5. The van der Waals surface area contributed by atoms with Crippen molar-refractivity contribution in [3.8, 4) is 0 Å². The van der Waals surface area contributed by atoms with Crippen molar-refractivity contribution in [2.75, 3.05) is 5.73 Å². The summed E-state index contributed by atoms with van der Waals surface area (Å²) in [5.74, 6) is 0.218. The Balaban J connectivity index is 1.90. The minimum absolute atomic E-state index is 0.0375. The van der Waals surface area contributed by atoms with E-state index in [1.54, 1.807) is 0 Å². The number of nitrogens with two attached hydrogens (primary N) is 1. The zero-order valence-electron chi connectivity index (χ0n) is 15.8. The van der Waals surface area contributed by atoms with Crippen molar-refractivity contribution in [2.45, 2.75) is 38.1 Å².